The highest BCUT2D eigenvalue weighted by molar-refractivity contribution is 5.99. The van der Waals surface area contributed by atoms with Crippen molar-refractivity contribution in [3.8, 4) is 5.82 Å². The van der Waals surface area contributed by atoms with Gasteiger partial charge in [0.2, 0.25) is 5.91 Å². The predicted octanol–water partition coefficient (Wildman–Crippen LogP) is 1.18. The summed E-state index contributed by atoms with van der Waals surface area (Å²) >= 11 is 0. The van der Waals surface area contributed by atoms with Crippen molar-refractivity contribution in [2.45, 2.75) is 45.1 Å². The van der Waals surface area contributed by atoms with Crippen LogP contribution in [-0.4, -0.2) is 78.0 Å². The van der Waals surface area contributed by atoms with E-state index in [0.29, 0.717) is 57.4 Å². The van der Waals surface area contributed by atoms with Gasteiger partial charge in [0.25, 0.3) is 0 Å². The molecule has 3 aliphatic rings. The first-order valence-electron chi connectivity index (χ1n) is 11.2. The Morgan fingerprint density at radius 1 is 1.18 bits per heavy atom. The highest BCUT2D eigenvalue weighted by Gasteiger charge is 2.49. The van der Waals surface area contributed by atoms with Crippen molar-refractivity contribution in [1.82, 2.24) is 35.0 Å². The minimum Gasteiger partial charge on any atom is -0.387 e. The van der Waals surface area contributed by atoms with Gasteiger partial charge in [-0.15, -0.1) is 5.10 Å². The number of carbonyl (C=O) groups excluding carboxylic acids is 2. The van der Waals surface area contributed by atoms with Crippen molar-refractivity contribution in [1.29, 1.82) is 0 Å². The highest BCUT2D eigenvalue weighted by atomic mass is 19.1. The lowest BCUT2D eigenvalue weighted by molar-refractivity contribution is -0.137. The van der Waals surface area contributed by atoms with Crippen LogP contribution in [0.15, 0.2) is 29.9 Å². The Balaban J connectivity index is 1.20. The number of halogens is 1. The fourth-order valence-corrected chi connectivity index (χ4v) is 5.22. The molecule has 5 rings (SSSR count). The SMILES string of the molecule is CC1=C(N2CCC3(CCN(CC(O)c4cnc(-n5cnnn5)c(F)c4)CC3)C2=O)CCC1=O. The summed E-state index contributed by atoms with van der Waals surface area (Å²) in [6.07, 6.45) is 5.13. The van der Waals surface area contributed by atoms with Crippen molar-refractivity contribution in [2.24, 2.45) is 5.41 Å². The number of tetrazole rings is 1. The van der Waals surface area contributed by atoms with E-state index in [1.165, 1.54) is 18.6 Å². The second-order valence-electron chi connectivity index (χ2n) is 9.13. The molecule has 33 heavy (non-hydrogen) atoms. The third-order valence-corrected chi connectivity index (χ3v) is 7.32. The molecule has 2 aromatic rings. The summed E-state index contributed by atoms with van der Waals surface area (Å²) in [5.74, 6) is -0.381. The Hall–Kier alpha value is -3.05. The number of hydrogen-bond donors (Lipinski definition) is 1. The average molecular weight is 455 g/mol. The number of aliphatic hydroxyl groups is 1. The molecule has 2 aromatic heterocycles. The third kappa shape index (κ3) is 3.84. The van der Waals surface area contributed by atoms with Crippen LogP contribution >= 0.6 is 0 Å². The van der Waals surface area contributed by atoms with Gasteiger partial charge in [0.15, 0.2) is 17.4 Å². The van der Waals surface area contributed by atoms with E-state index in [2.05, 4.69) is 25.4 Å². The molecular weight excluding hydrogens is 429 g/mol. The monoisotopic (exact) mass is 455 g/mol. The van der Waals surface area contributed by atoms with Crippen molar-refractivity contribution < 1.29 is 19.1 Å². The zero-order chi connectivity index (χ0) is 23.2. The number of hydrogen-bond acceptors (Lipinski definition) is 8. The number of allylic oxidation sites excluding steroid dienone is 2. The second kappa shape index (κ2) is 8.38. The molecule has 0 saturated carbocycles. The molecule has 0 radical (unpaired) electrons. The molecule has 1 aliphatic carbocycles. The van der Waals surface area contributed by atoms with Gasteiger partial charge in [0.1, 0.15) is 6.33 Å². The van der Waals surface area contributed by atoms with E-state index in [4.69, 9.17) is 0 Å². The number of piperidine rings is 1. The number of amides is 1. The maximum atomic E-state index is 14.4. The zero-order valence-electron chi connectivity index (χ0n) is 18.4. The summed E-state index contributed by atoms with van der Waals surface area (Å²) in [4.78, 5) is 33.2. The fraction of sp³-hybridized carbons (Fsp3) is 0.545. The van der Waals surface area contributed by atoms with E-state index in [0.717, 1.165) is 22.4 Å². The van der Waals surface area contributed by atoms with Crippen LogP contribution in [0.25, 0.3) is 5.82 Å². The molecule has 1 N–H and O–H groups in total. The summed E-state index contributed by atoms with van der Waals surface area (Å²) in [5, 5.41) is 21.2. The summed E-state index contributed by atoms with van der Waals surface area (Å²) in [5.41, 5.74) is 1.62. The number of aliphatic hydroxyl groups excluding tert-OH is 1. The fourth-order valence-electron chi connectivity index (χ4n) is 5.22. The second-order valence-corrected chi connectivity index (χ2v) is 9.13. The van der Waals surface area contributed by atoms with Crippen LogP contribution in [0.2, 0.25) is 0 Å². The minimum atomic E-state index is -0.906. The van der Waals surface area contributed by atoms with Crippen LogP contribution in [0.3, 0.4) is 0 Å². The van der Waals surface area contributed by atoms with Crippen LogP contribution in [0.5, 0.6) is 0 Å². The lowest BCUT2D eigenvalue weighted by Crippen LogP contribution is -2.45. The molecule has 2 aliphatic heterocycles. The molecule has 0 bridgehead atoms. The van der Waals surface area contributed by atoms with Gasteiger partial charge in [-0.25, -0.2) is 9.37 Å². The normalized spacial score (nSPS) is 22.1. The smallest absolute Gasteiger partial charge is 0.233 e. The van der Waals surface area contributed by atoms with Crippen LogP contribution in [0.4, 0.5) is 4.39 Å². The maximum absolute atomic E-state index is 14.4. The Kier molecular flexibility index (Phi) is 5.53. The van der Waals surface area contributed by atoms with Gasteiger partial charge in [0.05, 0.1) is 11.5 Å². The largest absolute Gasteiger partial charge is 0.387 e. The number of ketones is 1. The van der Waals surface area contributed by atoms with Gasteiger partial charge < -0.3 is 14.9 Å². The van der Waals surface area contributed by atoms with Crippen molar-refractivity contribution in [3.63, 3.8) is 0 Å². The van der Waals surface area contributed by atoms with E-state index in [1.807, 2.05) is 11.8 Å². The third-order valence-electron chi connectivity index (χ3n) is 7.32. The molecule has 2 saturated heterocycles. The summed E-state index contributed by atoms with van der Waals surface area (Å²) in [6, 6.07) is 1.25. The standard InChI is InChI=1S/C22H26FN7O3/c1-14-17(2-3-18(14)31)29-9-6-22(21(29)33)4-7-28(8-5-22)12-19(32)15-10-16(23)20(24-11-15)30-13-25-26-27-30/h10-11,13,19,32H,2-9,12H2,1H3. The molecule has 1 unspecified atom stereocenters. The van der Waals surface area contributed by atoms with Gasteiger partial charge in [0, 0.05) is 42.5 Å². The van der Waals surface area contributed by atoms with E-state index in [-0.39, 0.29) is 22.9 Å². The lowest BCUT2D eigenvalue weighted by atomic mass is 9.77. The van der Waals surface area contributed by atoms with Crippen LogP contribution in [-0.2, 0) is 9.59 Å². The number of Topliss-reactive ketones (excluding diaryl/α,β-unsaturated/α-hetero) is 1. The van der Waals surface area contributed by atoms with Crippen molar-refractivity contribution in [3.05, 3.63) is 41.2 Å². The van der Waals surface area contributed by atoms with Crippen LogP contribution < -0.4 is 0 Å². The Labute approximate surface area is 190 Å². The first-order valence-corrected chi connectivity index (χ1v) is 11.2. The number of rotatable bonds is 5. The molecule has 11 heteroatoms. The quantitative estimate of drug-likeness (QED) is 0.714. The van der Waals surface area contributed by atoms with Crippen LogP contribution in [0.1, 0.15) is 50.7 Å². The van der Waals surface area contributed by atoms with Gasteiger partial charge in [-0.2, -0.15) is 4.68 Å². The van der Waals surface area contributed by atoms with Crippen LogP contribution in [0, 0.1) is 11.2 Å². The van der Waals surface area contributed by atoms with Gasteiger partial charge in [-0.05, 0) is 62.2 Å². The lowest BCUT2D eigenvalue weighted by Gasteiger charge is -2.38. The number of aromatic nitrogens is 5. The van der Waals surface area contributed by atoms with Gasteiger partial charge in [-0.3, -0.25) is 9.59 Å². The number of nitrogens with zero attached hydrogens (tertiary/aromatic N) is 7. The molecule has 0 aromatic carbocycles. The van der Waals surface area contributed by atoms with E-state index < -0.39 is 11.9 Å². The number of pyridine rings is 1. The maximum Gasteiger partial charge on any atom is 0.233 e. The molecule has 4 heterocycles. The Morgan fingerprint density at radius 3 is 2.58 bits per heavy atom. The minimum absolute atomic E-state index is 0.0329. The van der Waals surface area contributed by atoms with Gasteiger partial charge >= 0.3 is 0 Å². The van der Waals surface area contributed by atoms with Crippen molar-refractivity contribution >= 4 is 11.7 Å². The van der Waals surface area contributed by atoms with Gasteiger partial charge in [-0.1, -0.05) is 0 Å². The highest BCUT2D eigenvalue weighted by Crippen LogP contribution is 2.44. The molecule has 1 atom stereocenters. The summed E-state index contributed by atoms with van der Waals surface area (Å²) < 4.78 is 15.6. The molecular formula is C22H26FN7O3. The molecule has 1 amide bonds. The predicted molar refractivity (Wildman–Crippen MR) is 113 cm³/mol. The first-order chi connectivity index (χ1) is 15.9. The number of likely N-dealkylation sites (tertiary alicyclic amines) is 2. The van der Waals surface area contributed by atoms with E-state index in [9.17, 15) is 19.1 Å². The first kappa shape index (κ1) is 21.8. The van der Waals surface area contributed by atoms with E-state index >= 15 is 0 Å². The topological polar surface area (TPSA) is 117 Å². The zero-order valence-corrected chi connectivity index (χ0v) is 18.4. The van der Waals surface area contributed by atoms with E-state index in [1.54, 1.807) is 0 Å². The summed E-state index contributed by atoms with van der Waals surface area (Å²) in [7, 11) is 0. The summed E-state index contributed by atoms with van der Waals surface area (Å²) in [6.45, 7) is 4.16. The molecule has 2 fully saturated rings. The molecule has 10 nitrogen and oxygen atoms in total. The number of carbonyl (C=O) groups is 2. The molecule has 174 valence electrons. The Morgan fingerprint density at radius 2 is 1.94 bits per heavy atom. The average Bonchev–Trinajstić information content (AvgIpc) is 3.53. The Bertz CT molecular complexity index is 1110. The molecule has 1 spiro atoms. The van der Waals surface area contributed by atoms with Crippen molar-refractivity contribution in [2.75, 3.05) is 26.2 Å². The number of β-amino-alcohol motifs (C(OH)–C–C–N with tert-alkyl or cyclic N) is 1.